The number of carbonyl (C=O) groups excluding carboxylic acids is 2. The monoisotopic (exact) mass is 677 g/mol. The zero-order valence-electron chi connectivity index (χ0n) is 23.6. The Kier molecular flexibility index (Phi) is 9.58. The minimum Gasteiger partial charge on any atom is -0.480 e. The molecule has 3 aromatic carbocycles. The summed E-state index contributed by atoms with van der Waals surface area (Å²) in [7, 11) is -3.99. The molecule has 2 bridgehead atoms. The highest BCUT2D eigenvalue weighted by Gasteiger charge is 2.51. The van der Waals surface area contributed by atoms with Crippen molar-refractivity contribution in [2.24, 2.45) is 5.92 Å². The second-order valence-corrected chi connectivity index (χ2v) is 14.3. The number of amides is 2. The van der Waals surface area contributed by atoms with Gasteiger partial charge in [-0.25, -0.2) is 13.2 Å². The Bertz CT molecular complexity index is 1670. The molecule has 6 rings (SSSR count). The number of sulfonamides is 1. The lowest BCUT2D eigenvalue weighted by Gasteiger charge is -2.49. The number of anilines is 1. The number of hydrogen-bond donors (Lipinski definition) is 3. The van der Waals surface area contributed by atoms with Crippen LogP contribution >= 0.6 is 34.8 Å². The summed E-state index contributed by atoms with van der Waals surface area (Å²) in [5, 5.41) is 15.8. The number of carboxylic acid groups (broad SMARTS) is 1. The molecule has 3 aromatic rings. The number of carbonyl (C=O) groups is 3. The molecule has 0 radical (unpaired) electrons. The van der Waals surface area contributed by atoms with E-state index in [1.54, 1.807) is 36.4 Å². The molecule has 3 fully saturated rings. The van der Waals surface area contributed by atoms with E-state index in [1.807, 2.05) is 6.92 Å². The minimum atomic E-state index is -3.99. The fourth-order valence-electron chi connectivity index (χ4n) is 5.98. The molecule has 2 amide bonds. The van der Waals surface area contributed by atoms with E-state index in [1.165, 1.54) is 28.6 Å². The number of piperidine rings is 2. The maximum atomic E-state index is 13.7. The number of nitrogens with zero attached hydrogens (tertiary/aromatic N) is 1. The summed E-state index contributed by atoms with van der Waals surface area (Å²) in [4.78, 5) is 38.8. The van der Waals surface area contributed by atoms with Gasteiger partial charge in [0.05, 0.1) is 20.5 Å². The summed E-state index contributed by atoms with van der Waals surface area (Å²) in [6.45, 7) is 1.86. The molecule has 9 nitrogen and oxygen atoms in total. The van der Waals surface area contributed by atoms with E-state index in [4.69, 9.17) is 34.8 Å². The van der Waals surface area contributed by atoms with Crippen molar-refractivity contribution in [3.63, 3.8) is 0 Å². The molecular weight excluding hydrogens is 649 g/mol. The third-order valence-electron chi connectivity index (χ3n) is 8.19. The Balaban J connectivity index is 1.30. The molecule has 232 valence electrons. The predicted molar refractivity (Wildman–Crippen MR) is 169 cm³/mol. The smallest absolute Gasteiger partial charge is 0.326 e. The van der Waals surface area contributed by atoms with Crippen LogP contribution in [-0.2, 0) is 26.0 Å². The molecule has 2 atom stereocenters. The predicted octanol–water partition coefficient (Wildman–Crippen LogP) is 5.95. The number of carboxylic acids is 1. The van der Waals surface area contributed by atoms with Gasteiger partial charge in [-0.15, -0.1) is 0 Å². The number of halogens is 3. The Hall–Kier alpha value is -3.15. The highest BCUT2D eigenvalue weighted by atomic mass is 35.5. The van der Waals surface area contributed by atoms with E-state index < -0.39 is 39.9 Å². The first-order valence-corrected chi connectivity index (χ1v) is 16.6. The van der Waals surface area contributed by atoms with Crippen LogP contribution in [0.25, 0.3) is 0 Å². The molecule has 2 aliphatic heterocycles. The number of hydrogen-bond acceptors (Lipinski definition) is 5. The van der Waals surface area contributed by atoms with Crippen LogP contribution in [0.2, 0.25) is 15.1 Å². The quantitative estimate of drug-likeness (QED) is 0.256. The van der Waals surface area contributed by atoms with Crippen LogP contribution in [0.4, 0.5) is 5.69 Å². The summed E-state index contributed by atoms with van der Waals surface area (Å²) in [5.74, 6) is -2.63. The summed E-state index contributed by atoms with van der Waals surface area (Å²) in [6.07, 6.45) is 2.64. The van der Waals surface area contributed by atoms with Gasteiger partial charge in [-0.05, 0) is 80.5 Å². The van der Waals surface area contributed by atoms with Crippen LogP contribution in [0, 0.1) is 12.8 Å². The maximum Gasteiger partial charge on any atom is 0.326 e. The summed E-state index contributed by atoms with van der Waals surface area (Å²) >= 11 is 18.2. The Morgan fingerprint density at radius 1 is 0.932 bits per heavy atom. The van der Waals surface area contributed by atoms with Gasteiger partial charge in [0.15, 0.2) is 0 Å². The van der Waals surface area contributed by atoms with Crippen LogP contribution < -0.4 is 10.6 Å². The maximum absolute atomic E-state index is 13.7. The Labute approximate surface area is 270 Å². The Morgan fingerprint density at radius 2 is 1.52 bits per heavy atom. The van der Waals surface area contributed by atoms with Gasteiger partial charge in [-0.3, -0.25) is 9.59 Å². The first-order valence-electron chi connectivity index (χ1n) is 14.0. The van der Waals surface area contributed by atoms with Crippen LogP contribution in [0.3, 0.4) is 0 Å². The first-order chi connectivity index (χ1) is 20.8. The number of aryl methyl sites for hydroxylation is 1. The lowest BCUT2D eigenvalue weighted by atomic mass is 9.76. The normalized spacial score (nSPS) is 20.6. The molecule has 1 saturated carbocycles. The van der Waals surface area contributed by atoms with Crippen molar-refractivity contribution in [3.05, 3.63) is 92.4 Å². The number of rotatable bonds is 9. The number of aliphatic carboxylic acids is 1. The number of fused-ring (bicyclic) bond motifs is 3. The van der Waals surface area contributed by atoms with Gasteiger partial charge >= 0.3 is 5.97 Å². The third kappa shape index (κ3) is 6.74. The molecule has 44 heavy (non-hydrogen) atoms. The fourth-order valence-corrected chi connectivity index (χ4v) is 8.87. The van der Waals surface area contributed by atoms with Gasteiger partial charge in [-0.2, -0.15) is 4.31 Å². The lowest BCUT2D eigenvalue weighted by molar-refractivity contribution is -0.143. The van der Waals surface area contributed by atoms with E-state index in [-0.39, 0.29) is 43.9 Å². The summed E-state index contributed by atoms with van der Waals surface area (Å²) in [6, 6.07) is 13.1. The molecule has 2 saturated heterocycles. The Morgan fingerprint density at radius 3 is 2.09 bits per heavy atom. The second-order valence-electron chi connectivity index (χ2n) is 11.2. The van der Waals surface area contributed by atoms with Crippen molar-refractivity contribution >= 4 is 68.3 Å². The van der Waals surface area contributed by atoms with Crippen molar-refractivity contribution in [2.45, 2.75) is 62.0 Å². The minimum absolute atomic E-state index is 0.0599. The molecule has 0 aromatic heterocycles. The molecular formula is C31H30Cl3N3O6S. The second kappa shape index (κ2) is 13.1. The van der Waals surface area contributed by atoms with Crippen LogP contribution in [-0.4, -0.2) is 53.7 Å². The topological polar surface area (TPSA) is 133 Å². The van der Waals surface area contributed by atoms with Gasteiger partial charge in [0.25, 0.3) is 5.91 Å². The molecule has 13 heteroatoms. The lowest BCUT2D eigenvalue weighted by Crippen LogP contribution is -2.63. The molecule has 3 N–H and O–H groups in total. The van der Waals surface area contributed by atoms with Crippen molar-refractivity contribution in [3.8, 4) is 0 Å². The summed E-state index contributed by atoms with van der Waals surface area (Å²) in [5.41, 5.74) is 1.96. The molecule has 2 heterocycles. The van der Waals surface area contributed by atoms with E-state index in [2.05, 4.69) is 10.6 Å². The van der Waals surface area contributed by atoms with Gasteiger partial charge < -0.3 is 15.7 Å². The van der Waals surface area contributed by atoms with Crippen LogP contribution in [0.5, 0.6) is 0 Å². The van der Waals surface area contributed by atoms with Gasteiger partial charge in [0.1, 0.15) is 12.1 Å². The van der Waals surface area contributed by atoms with E-state index in [9.17, 15) is 27.9 Å². The van der Waals surface area contributed by atoms with Crippen molar-refractivity contribution in [1.29, 1.82) is 0 Å². The van der Waals surface area contributed by atoms with E-state index >= 15 is 0 Å². The van der Waals surface area contributed by atoms with Gasteiger partial charge in [-0.1, -0.05) is 64.6 Å². The first kappa shape index (κ1) is 32.2. The third-order valence-corrected chi connectivity index (χ3v) is 10.9. The van der Waals surface area contributed by atoms with Crippen molar-refractivity contribution in [2.75, 3.05) is 5.32 Å². The SMILES string of the molecule is Cc1ccc(S(=O)(=O)N2C3CCC(CC3)[C@@H]2C(=O)N[C@@H](Cc2ccc(NC(=O)c3c(Cl)cc(Cl)cc3Cl)cc2)C(=O)O)cc1. The van der Waals surface area contributed by atoms with Crippen LogP contribution in [0.1, 0.15) is 47.2 Å². The molecule has 0 spiro atoms. The summed E-state index contributed by atoms with van der Waals surface area (Å²) < 4.78 is 28.8. The van der Waals surface area contributed by atoms with Gasteiger partial charge in [0, 0.05) is 23.2 Å². The van der Waals surface area contributed by atoms with Crippen molar-refractivity contribution in [1.82, 2.24) is 9.62 Å². The highest BCUT2D eigenvalue weighted by Crippen LogP contribution is 2.43. The molecule has 0 unspecified atom stereocenters. The standard InChI is InChI=1S/C31H30Cl3N3O6S/c1-17-2-12-23(13-3-17)44(42,43)37-22-10-6-19(7-11-22)28(37)30(39)36-26(31(40)41)14-18-4-8-21(9-5-18)35-29(38)27-24(33)15-20(32)16-25(27)34/h2-5,8-9,12-13,15-16,19,22,26,28H,6-7,10-11,14H2,1H3,(H,35,38)(H,36,39)(H,40,41)/t19?,22?,26-,28+/m0/s1. The van der Waals surface area contributed by atoms with Crippen molar-refractivity contribution < 1.29 is 27.9 Å². The zero-order valence-corrected chi connectivity index (χ0v) is 26.7. The average molecular weight is 679 g/mol. The van der Waals surface area contributed by atoms with Gasteiger partial charge in [0.2, 0.25) is 15.9 Å². The molecule has 3 aliphatic rings. The fraction of sp³-hybridized carbons (Fsp3) is 0.323. The van der Waals surface area contributed by atoms with E-state index in [0.717, 1.165) is 5.56 Å². The largest absolute Gasteiger partial charge is 0.480 e. The van der Waals surface area contributed by atoms with E-state index in [0.29, 0.717) is 36.9 Å². The van der Waals surface area contributed by atoms with Crippen LogP contribution in [0.15, 0.2) is 65.6 Å². The number of nitrogens with one attached hydrogen (secondary N) is 2. The highest BCUT2D eigenvalue weighted by molar-refractivity contribution is 7.89. The molecule has 1 aliphatic carbocycles. The zero-order chi connectivity index (χ0) is 31.8. The average Bonchev–Trinajstić information content (AvgIpc) is 2.97. The number of benzene rings is 3.